The normalized spacial score (nSPS) is 17.9. The van der Waals surface area contributed by atoms with Crippen molar-refractivity contribution < 1.29 is 56.4 Å². The Balaban J connectivity index is 1.08. The second-order valence-corrected chi connectivity index (χ2v) is 19.8. The van der Waals surface area contributed by atoms with Gasteiger partial charge in [0, 0.05) is 35.2 Å². The zero-order chi connectivity index (χ0) is 52.0. The highest BCUT2D eigenvalue weighted by Crippen LogP contribution is 2.55. The van der Waals surface area contributed by atoms with Gasteiger partial charge in [-0.25, -0.2) is 13.6 Å². The van der Waals surface area contributed by atoms with Crippen molar-refractivity contribution in [1.82, 2.24) is 5.32 Å². The molecule has 0 saturated carbocycles. The Bertz CT molecular complexity index is 2690. The Kier molecular flexibility index (Phi) is 19.4. The van der Waals surface area contributed by atoms with Crippen molar-refractivity contribution in [3.8, 4) is 5.75 Å². The molecular weight excluding hydrogens is 970 g/mol. The first-order chi connectivity index (χ1) is 34.4. The quantitative estimate of drug-likeness (QED) is 0.0386. The van der Waals surface area contributed by atoms with Crippen molar-refractivity contribution in [1.29, 1.82) is 0 Å². The van der Waals surface area contributed by atoms with Crippen LogP contribution in [-0.2, 0) is 56.8 Å². The van der Waals surface area contributed by atoms with Gasteiger partial charge in [-0.2, -0.15) is 0 Å². The fraction of sp³-hybridized carbons (Fsp3) is 0.375. The molecule has 6 rings (SSSR count). The van der Waals surface area contributed by atoms with Gasteiger partial charge < -0.3 is 34.3 Å². The first-order valence-electron chi connectivity index (χ1n) is 23.8. The summed E-state index contributed by atoms with van der Waals surface area (Å²) in [6, 6.07) is 29.8. The number of carbonyl (C=O) groups is 5. The zero-order valence-electron chi connectivity index (χ0n) is 40.9. The summed E-state index contributed by atoms with van der Waals surface area (Å²) in [6.45, 7) is 7.40. The lowest BCUT2D eigenvalue weighted by molar-refractivity contribution is -0.155. The maximum absolute atomic E-state index is 16.3. The fourth-order valence-corrected chi connectivity index (χ4v) is 9.75. The maximum atomic E-state index is 16.3. The topological polar surface area (TPSA) is 156 Å². The van der Waals surface area contributed by atoms with Crippen LogP contribution < -0.4 is 15.4 Å². The molecule has 382 valence electrons. The van der Waals surface area contributed by atoms with E-state index in [1.54, 1.807) is 24.3 Å². The fourth-order valence-electron chi connectivity index (χ4n) is 9.41. The number of carbonyl (C=O) groups excluding carboxylic acids is 5. The van der Waals surface area contributed by atoms with E-state index in [-0.39, 0.29) is 88.9 Å². The number of esters is 4. The van der Waals surface area contributed by atoms with Crippen molar-refractivity contribution in [3.05, 3.63) is 165 Å². The molecular formula is C56H60Cl2F2N2O10. The molecule has 5 unspecified atom stereocenters. The highest BCUT2D eigenvalue weighted by Gasteiger charge is 2.59. The largest absolute Gasteiger partial charge is 0.495 e. The lowest BCUT2D eigenvalue weighted by Crippen LogP contribution is -2.45. The Morgan fingerprint density at radius 1 is 0.764 bits per heavy atom. The van der Waals surface area contributed by atoms with E-state index in [9.17, 15) is 24.0 Å². The van der Waals surface area contributed by atoms with E-state index in [4.69, 9.17) is 46.9 Å². The second-order valence-electron chi connectivity index (χ2n) is 18.9. The number of hydrogen-bond acceptors (Lipinski definition) is 11. The number of ether oxygens (including phenoxy) is 5. The summed E-state index contributed by atoms with van der Waals surface area (Å²) in [5.74, 6) is -6.05. The van der Waals surface area contributed by atoms with Gasteiger partial charge in [0.05, 0.1) is 35.3 Å². The van der Waals surface area contributed by atoms with Gasteiger partial charge in [-0.05, 0) is 96.2 Å². The number of benzene rings is 5. The van der Waals surface area contributed by atoms with Gasteiger partial charge in [-0.3, -0.25) is 19.2 Å². The van der Waals surface area contributed by atoms with Crippen molar-refractivity contribution in [2.75, 3.05) is 19.2 Å². The van der Waals surface area contributed by atoms with Gasteiger partial charge in [-0.1, -0.05) is 130 Å². The molecule has 1 amide bonds. The molecule has 0 aromatic heterocycles. The Hall–Kier alpha value is -6.35. The van der Waals surface area contributed by atoms with E-state index < -0.39 is 77.5 Å². The molecule has 12 nitrogen and oxygen atoms in total. The minimum Gasteiger partial charge on any atom is -0.495 e. The van der Waals surface area contributed by atoms with Crippen LogP contribution in [0.5, 0.6) is 5.75 Å². The first-order valence-corrected chi connectivity index (χ1v) is 24.6. The van der Waals surface area contributed by atoms with Crippen LogP contribution in [0.2, 0.25) is 10.0 Å². The van der Waals surface area contributed by atoms with Crippen LogP contribution in [0.4, 0.5) is 14.5 Å². The van der Waals surface area contributed by atoms with Crippen LogP contribution in [0.15, 0.2) is 115 Å². The van der Waals surface area contributed by atoms with E-state index in [0.29, 0.717) is 12.8 Å². The maximum Gasteiger partial charge on any atom is 0.341 e. The molecule has 72 heavy (non-hydrogen) atoms. The summed E-state index contributed by atoms with van der Waals surface area (Å²) in [4.78, 5) is 66.4. The van der Waals surface area contributed by atoms with Crippen molar-refractivity contribution in [2.45, 2.75) is 109 Å². The highest BCUT2D eigenvalue weighted by atomic mass is 35.5. The predicted molar refractivity (Wildman–Crippen MR) is 269 cm³/mol. The lowest BCUT2D eigenvalue weighted by atomic mass is 9.60. The third-order valence-electron chi connectivity index (χ3n) is 12.9. The molecule has 1 aliphatic heterocycles. The summed E-state index contributed by atoms with van der Waals surface area (Å²) in [5.41, 5.74) is 0.719. The Morgan fingerprint density at radius 3 is 2.07 bits per heavy atom. The van der Waals surface area contributed by atoms with Crippen molar-refractivity contribution in [2.24, 2.45) is 11.3 Å². The predicted octanol–water partition coefficient (Wildman–Crippen LogP) is 11.8. The molecule has 0 aliphatic carbocycles. The van der Waals surface area contributed by atoms with E-state index in [2.05, 4.69) is 10.6 Å². The smallest absolute Gasteiger partial charge is 0.341 e. The average Bonchev–Trinajstić information content (AvgIpc) is 3.67. The lowest BCUT2D eigenvalue weighted by Gasteiger charge is -2.42. The molecule has 0 spiro atoms. The van der Waals surface area contributed by atoms with Crippen LogP contribution in [-0.4, -0.2) is 55.8 Å². The highest BCUT2D eigenvalue weighted by molar-refractivity contribution is 6.31. The monoisotopic (exact) mass is 1030 g/mol. The van der Waals surface area contributed by atoms with Gasteiger partial charge in [0.15, 0.2) is 0 Å². The SMILES string of the molecule is CCC1(c2ccc(Cl)cc2F)C(CC(C)(C)C)NC(C(=O)Nc2ccc(C(=O)OCOC(=O)CCCC(CCC(=O)OCc3ccccc3)C(=O)OCc3ccccc3)cc2OC)C1c1cccc(Cl)c1F. The molecule has 1 heterocycles. The van der Waals surface area contributed by atoms with Gasteiger partial charge in [-0.15, -0.1) is 0 Å². The van der Waals surface area contributed by atoms with E-state index in [1.807, 2.05) is 88.4 Å². The molecule has 0 radical (unpaired) electrons. The summed E-state index contributed by atoms with van der Waals surface area (Å²) in [6.07, 6.45) is 1.19. The molecule has 1 fully saturated rings. The van der Waals surface area contributed by atoms with Crippen LogP contribution in [0.3, 0.4) is 0 Å². The molecule has 1 saturated heterocycles. The average molecular weight is 1030 g/mol. The molecule has 16 heteroatoms. The zero-order valence-corrected chi connectivity index (χ0v) is 42.5. The first kappa shape index (κ1) is 55.0. The molecule has 2 N–H and O–H groups in total. The van der Waals surface area contributed by atoms with Crippen molar-refractivity contribution >= 4 is 58.7 Å². The van der Waals surface area contributed by atoms with Gasteiger partial charge >= 0.3 is 23.9 Å². The van der Waals surface area contributed by atoms with E-state index >= 15 is 8.78 Å². The van der Waals surface area contributed by atoms with E-state index in [0.717, 1.165) is 11.1 Å². The molecule has 5 aromatic carbocycles. The molecule has 5 atom stereocenters. The summed E-state index contributed by atoms with van der Waals surface area (Å²) < 4.78 is 59.5. The number of anilines is 1. The number of nitrogens with one attached hydrogen (secondary N) is 2. The summed E-state index contributed by atoms with van der Waals surface area (Å²) in [7, 11) is 1.34. The van der Waals surface area contributed by atoms with Gasteiger partial charge in [0.25, 0.3) is 0 Å². The number of hydrogen-bond donors (Lipinski definition) is 2. The minimum absolute atomic E-state index is 0.00590. The van der Waals surface area contributed by atoms with Crippen LogP contribution in [0.25, 0.3) is 0 Å². The molecule has 1 aliphatic rings. The van der Waals surface area contributed by atoms with Crippen LogP contribution >= 0.6 is 23.2 Å². The second kappa shape index (κ2) is 25.3. The van der Waals surface area contributed by atoms with Gasteiger partial charge in [0.1, 0.15) is 30.6 Å². The summed E-state index contributed by atoms with van der Waals surface area (Å²) in [5, 5.41) is 6.40. The number of halogens is 4. The van der Waals surface area contributed by atoms with Gasteiger partial charge in [0.2, 0.25) is 12.7 Å². The minimum atomic E-state index is -1.17. The Morgan fingerprint density at radius 2 is 1.43 bits per heavy atom. The number of amides is 1. The molecule has 0 bridgehead atoms. The third-order valence-corrected chi connectivity index (χ3v) is 13.4. The summed E-state index contributed by atoms with van der Waals surface area (Å²) >= 11 is 12.6. The molecule has 5 aromatic rings. The Labute approximate surface area is 429 Å². The van der Waals surface area contributed by atoms with Crippen molar-refractivity contribution in [3.63, 3.8) is 0 Å². The number of methoxy groups -OCH3 is 1. The van der Waals surface area contributed by atoms with Crippen LogP contribution in [0.1, 0.15) is 111 Å². The third kappa shape index (κ3) is 14.2. The standard InChI is InChI=1S/C56H60Cl2F2N2O10/c1-6-56(41-26-25-39(57)30-43(41)59)46(31-55(2,3)4)62-51(49(56)40-20-14-21-42(58)50(40)60)52(65)61-44-27-23-38(29-45(44)68-5)54(67)72-34-71-47(63)22-13-19-37(53(66)70-33-36-17-11-8-12-18-36)24-28-48(64)69-32-35-15-9-7-10-16-35/h7-12,14-18,20-21,23,25-27,29-30,37,46,49,51,62H,6,13,19,22,24,28,31-34H2,1-5H3,(H,61,65). The number of rotatable bonds is 22. The van der Waals surface area contributed by atoms with E-state index in [1.165, 1.54) is 37.4 Å². The van der Waals surface area contributed by atoms with Crippen LogP contribution in [0, 0.1) is 23.0 Å².